The average Bonchev–Trinajstić information content (AvgIpc) is 3.20. The van der Waals surface area contributed by atoms with Crippen LogP contribution in [0.25, 0.3) is 10.6 Å². The van der Waals surface area contributed by atoms with Gasteiger partial charge in [0.2, 0.25) is 0 Å². The fraction of sp³-hybridized carbons (Fsp3) is 0.545. The topological polar surface area (TPSA) is 61.8 Å². The summed E-state index contributed by atoms with van der Waals surface area (Å²) in [5.74, 6) is 0.834. The zero-order valence-corrected chi connectivity index (χ0v) is 21.5. The summed E-state index contributed by atoms with van der Waals surface area (Å²) in [7, 11) is 1.81. The Labute approximate surface area is 201 Å². The Morgan fingerprint density at radius 3 is 2.57 bits per heavy atom. The smallest absolute Gasteiger partial charge is 0.191 e. The molecule has 1 aromatic heterocycles. The Balaban J connectivity index is 0.00000320. The minimum absolute atomic E-state index is 0. The highest BCUT2D eigenvalue weighted by molar-refractivity contribution is 14.0. The third-order valence-corrected chi connectivity index (χ3v) is 6.24. The van der Waals surface area contributed by atoms with Crippen molar-refractivity contribution < 1.29 is 4.74 Å². The van der Waals surface area contributed by atoms with Crippen LogP contribution in [0.5, 0.6) is 0 Å². The number of aryl methyl sites for hydroxylation is 1. The van der Waals surface area contributed by atoms with E-state index < -0.39 is 0 Å². The number of halogens is 1. The van der Waals surface area contributed by atoms with Crippen LogP contribution in [0.3, 0.4) is 0 Å². The van der Waals surface area contributed by atoms with Gasteiger partial charge in [0, 0.05) is 56.1 Å². The highest BCUT2D eigenvalue weighted by atomic mass is 127. The number of aliphatic imine (C=N–C) groups is 1. The molecule has 8 heteroatoms. The standard InChI is InChI=1S/C22H33N5OS.HI/c1-17-5-7-18(8-6-17)20-26-19(15-29-20)9-10-24-21(23-4)25-16-22(2,3)27-11-13-28-14-12-27;/h5-8,15H,9-14,16H2,1-4H3,(H2,23,24,25);1H. The van der Waals surface area contributed by atoms with Crippen molar-refractivity contribution in [2.24, 2.45) is 4.99 Å². The van der Waals surface area contributed by atoms with Gasteiger partial charge in [-0.05, 0) is 20.8 Å². The van der Waals surface area contributed by atoms with Crippen molar-refractivity contribution in [1.82, 2.24) is 20.5 Å². The highest BCUT2D eigenvalue weighted by Gasteiger charge is 2.28. The van der Waals surface area contributed by atoms with Gasteiger partial charge in [0.05, 0.1) is 18.9 Å². The van der Waals surface area contributed by atoms with E-state index in [1.807, 2.05) is 7.05 Å². The van der Waals surface area contributed by atoms with Crippen LogP contribution in [-0.2, 0) is 11.2 Å². The van der Waals surface area contributed by atoms with Gasteiger partial charge in [-0.1, -0.05) is 29.8 Å². The summed E-state index contributed by atoms with van der Waals surface area (Å²) < 4.78 is 5.47. The second-order valence-electron chi connectivity index (χ2n) is 8.02. The first-order valence-corrected chi connectivity index (χ1v) is 11.1. The predicted octanol–water partition coefficient (Wildman–Crippen LogP) is 3.55. The molecule has 0 spiro atoms. The molecule has 0 bridgehead atoms. The molecule has 2 aromatic rings. The summed E-state index contributed by atoms with van der Waals surface area (Å²) in [5.41, 5.74) is 3.62. The maximum atomic E-state index is 5.47. The number of guanidine groups is 1. The molecule has 0 radical (unpaired) electrons. The van der Waals surface area contributed by atoms with Crippen LogP contribution in [0, 0.1) is 6.92 Å². The number of rotatable bonds is 7. The van der Waals surface area contributed by atoms with Crippen LogP contribution in [-0.4, -0.2) is 67.8 Å². The van der Waals surface area contributed by atoms with Crippen LogP contribution < -0.4 is 10.6 Å². The van der Waals surface area contributed by atoms with E-state index in [0.717, 1.165) is 62.5 Å². The van der Waals surface area contributed by atoms with Crippen molar-refractivity contribution in [2.75, 3.05) is 46.4 Å². The van der Waals surface area contributed by atoms with Gasteiger partial charge >= 0.3 is 0 Å². The molecule has 1 aliphatic heterocycles. The molecule has 0 amide bonds. The van der Waals surface area contributed by atoms with Gasteiger partial charge in [-0.15, -0.1) is 35.3 Å². The lowest BCUT2D eigenvalue weighted by Gasteiger charge is -2.41. The molecular weight excluding hydrogens is 509 g/mol. The van der Waals surface area contributed by atoms with E-state index in [4.69, 9.17) is 9.72 Å². The number of benzene rings is 1. The first kappa shape index (κ1) is 25.0. The molecule has 0 atom stereocenters. The summed E-state index contributed by atoms with van der Waals surface area (Å²) in [4.78, 5) is 11.6. The number of nitrogens with zero attached hydrogens (tertiary/aromatic N) is 3. The minimum atomic E-state index is 0. The number of morpholine rings is 1. The molecule has 1 aromatic carbocycles. The van der Waals surface area contributed by atoms with Crippen molar-refractivity contribution in [3.05, 3.63) is 40.9 Å². The molecule has 2 heterocycles. The molecule has 1 aliphatic rings. The third-order valence-electron chi connectivity index (χ3n) is 5.30. The van der Waals surface area contributed by atoms with E-state index in [1.54, 1.807) is 11.3 Å². The quantitative estimate of drug-likeness (QED) is 0.318. The Bertz CT molecular complexity index is 800. The van der Waals surface area contributed by atoms with Crippen molar-refractivity contribution >= 4 is 41.3 Å². The average molecular weight is 544 g/mol. The number of aromatic nitrogens is 1. The molecule has 0 saturated carbocycles. The molecule has 0 unspecified atom stereocenters. The zero-order chi connectivity index (χ0) is 20.7. The highest BCUT2D eigenvalue weighted by Crippen LogP contribution is 2.24. The van der Waals surface area contributed by atoms with Gasteiger partial charge in [-0.2, -0.15) is 0 Å². The van der Waals surface area contributed by atoms with Gasteiger partial charge in [-0.3, -0.25) is 9.89 Å². The third kappa shape index (κ3) is 7.18. The van der Waals surface area contributed by atoms with Crippen molar-refractivity contribution in [1.29, 1.82) is 0 Å². The largest absolute Gasteiger partial charge is 0.379 e. The van der Waals surface area contributed by atoms with Gasteiger partial charge in [0.15, 0.2) is 5.96 Å². The Morgan fingerprint density at radius 1 is 1.20 bits per heavy atom. The maximum absolute atomic E-state index is 5.47. The molecular formula is C22H34IN5OS. The van der Waals surface area contributed by atoms with E-state index in [-0.39, 0.29) is 29.5 Å². The lowest BCUT2D eigenvalue weighted by atomic mass is 10.0. The van der Waals surface area contributed by atoms with Gasteiger partial charge in [0.25, 0.3) is 0 Å². The number of ether oxygens (including phenoxy) is 1. The molecule has 1 fully saturated rings. The Hall–Kier alpha value is -1.23. The Kier molecular flexibility index (Phi) is 9.99. The summed E-state index contributed by atoms with van der Waals surface area (Å²) in [5, 5.41) is 10.1. The second kappa shape index (κ2) is 12.0. The summed E-state index contributed by atoms with van der Waals surface area (Å²) in [6, 6.07) is 8.54. The van der Waals surface area contributed by atoms with E-state index in [9.17, 15) is 0 Å². The van der Waals surface area contributed by atoms with Crippen molar-refractivity contribution in [3.8, 4) is 10.6 Å². The van der Waals surface area contributed by atoms with Gasteiger partial charge < -0.3 is 15.4 Å². The van der Waals surface area contributed by atoms with E-state index >= 15 is 0 Å². The number of hydrogen-bond acceptors (Lipinski definition) is 5. The fourth-order valence-electron chi connectivity index (χ4n) is 3.36. The number of hydrogen-bond donors (Lipinski definition) is 2. The Morgan fingerprint density at radius 2 is 1.90 bits per heavy atom. The second-order valence-corrected chi connectivity index (χ2v) is 8.88. The number of thiazole rings is 1. The summed E-state index contributed by atoms with van der Waals surface area (Å²) >= 11 is 1.70. The van der Waals surface area contributed by atoms with E-state index in [2.05, 4.69) is 70.9 Å². The van der Waals surface area contributed by atoms with Gasteiger partial charge in [0.1, 0.15) is 5.01 Å². The van der Waals surface area contributed by atoms with Crippen LogP contribution in [0.4, 0.5) is 0 Å². The van der Waals surface area contributed by atoms with Crippen LogP contribution >= 0.6 is 35.3 Å². The van der Waals surface area contributed by atoms with E-state index in [1.165, 1.54) is 11.1 Å². The molecule has 2 N–H and O–H groups in total. The molecule has 6 nitrogen and oxygen atoms in total. The zero-order valence-electron chi connectivity index (χ0n) is 18.4. The van der Waals surface area contributed by atoms with Crippen molar-refractivity contribution in [2.45, 2.75) is 32.7 Å². The molecule has 30 heavy (non-hydrogen) atoms. The van der Waals surface area contributed by atoms with Gasteiger partial charge in [-0.25, -0.2) is 4.98 Å². The predicted molar refractivity (Wildman–Crippen MR) is 137 cm³/mol. The van der Waals surface area contributed by atoms with Crippen molar-refractivity contribution in [3.63, 3.8) is 0 Å². The lowest BCUT2D eigenvalue weighted by molar-refractivity contribution is -0.00833. The summed E-state index contributed by atoms with van der Waals surface area (Å²) in [6.07, 6.45) is 0.871. The maximum Gasteiger partial charge on any atom is 0.191 e. The molecule has 1 saturated heterocycles. The van der Waals surface area contributed by atoms with Crippen LogP contribution in [0.2, 0.25) is 0 Å². The minimum Gasteiger partial charge on any atom is -0.379 e. The first-order valence-electron chi connectivity index (χ1n) is 10.3. The molecule has 3 rings (SSSR count). The summed E-state index contributed by atoms with van der Waals surface area (Å²) in [6.45, 7) is 11.9. The molecule has 0 aliphatic carbocycles. The monoisotopic (exact) mass is 543 g/mol. The number of nitrogens with one attached hydrogen (secondary N) is 2. The first-order chi connectivity index (χ1) is 14.0. The normalized spacial score (nSPS) is 15.5. The van der Waals surface area contributed by atoms with Crippen LogP contribution in [0.15, 0.2) is 34.6 Å². The fourth-order valence-corrected chi connectivity index (χ4v) is 4.22. The lowest BCUT2D eigenvalue weighted by Crippen LogP contribution is -2.56. The SMILES string of the molecule is CN=C(NCCc1csc(-c2ccc(C)cc2)n1)NCC(C)(C)N1CCOCC1.I. The van der Waals surface area contributed by atoms with Crippen LogP contribution in [0.1, 0.15) is 25.1 Å². The van der Waals surface area contributed by atoms with E-state index in [0.29, 0.717) is 0 Å². The molecule has 166 valence electrons.